The van der Waals surface area contributed by atoms with Crippen molar-refractivity contribution in [3.63, 3.8) is 0 Å². The van der Waals surface area contributed by atoms with Crippen molar-refractivity contribution >= 4 is 11.6 Å². The van der Waals surface area contributed by atoms with Crippen molar-refractivity contribution in [2.45, 2.75) is 6.92 Å². The highest BCUT2D eigenvalue weighted by Gasteiger charge is 2.10. The van der Waals surface area contributed by atoms with E-state index in [1.54, 1.807) is 25.3 Å². The highest BCUT2D eigenvalue weighted by Crippen LogP contribution is 2.26. The number of phenols is 2. The molecule has 0 saturated heterocycles. The van der Waals surface area contributed by atoms with Crippen molar-refractivity contribution < 1.29 is 19.7 Å². The number of carbonyl (C=O) groups excluding carboxylic acids is 1. The molecule has 0 aliphatic heterocycles. The Labute approximate surface area is 116 Å². The first-order chi connectivity index (χ1) is 9.51. The first-order valence-corrected chi connectivity index (χ1v) is 5.99. The van der Waals surface area contributed by atoms with E-state index in [9.17, 15) is 15.0 Å². The fourth-order valence-corrected chi connectivity index (χ4v) is 1.82. The van der Waals surface area contributed by atoms with Crippen molar-refractivity contribution in [3.8, 4) is 17.2 Å². The average molecular weight is 273 g/mol. The lowest BCUT2D eigenvalue weighted by Gasteiger charge is -2.09. The molecule has 0 unspecified atom stereocenters. The molecule has 1 amide bonds. The predicted molar refractivity (Wildman–Crippen MR) is 75.5 cm³/mol. The average Bonchev–Trinajstić information content (AvgIpc) is 2.42. The van der Waals surface area contributed by atoms with Gasteiger partial charge in [-0.15, -0.1) is 0 Å². The van der Waals surface area contributed by atoms with E-state index in [1.165, 1.54) is 18.2 Å². The topological polar surface area (TPSA) is 78.8 Å². The smallest absolute Gasteiger partial charge is 0.255 e. The Morgan fingerprint density at radius 1 is 1.10 bits per heavy atom. The number of anilines is 1. The van der Waals surface area contributed by atoms with Gasteiger partial charge < -0.3 is 20.3 Å². The van der Waals surface area contributed by atoms with Crippen LogP contribution in [0, 0.1) is 6.92 Å². The third-order valence-corrected chi connectivity index (χ3v) is 2.89. The third kappa shape index (κ3) is 2.83. The second-order valence-electron chi connectivity index (χ2n) is 4.34. The maximum atomic E-state index is 12.0. The highest BCUT2D eigenvalue weighted by molar-refractivity contribution is 6.04. The summed E-state index contributed by atoms with van der Waals surface area (Å²) >= 11 is 0. The largest absolute Gasteiger partial charge is 0.504 e. The van der Waals surface area contributed by atoms with E-state index >= 15 is 0 Å². The molecule has 0 spiro atoms. The molecule has 0 aromatic heterocycles. The second kappa shape index (κ2) is 5.52. The summed E-state index contributed by atoms with van der Waals surface area (Å²) in [6, 6.07) is 9.19. The molecule has 2 aromatic rings. The summed E-state index contributed by atoms with van der Waals surface area (Å²) < 4.78 is 5.14. The molecular weight excluding hydrogens is 258 g/mol. The number of amides is 1. The Morgan fingerprint density at radius 3 is 2.45 bits per heavy atom. The van der Waals surface area contributed by atoms with Crippen LogP contribution in [0.4, 0.5) is 5.69 Å². The van der Waals surface area contributed by atoms with Gasteiger partial charge in [-0.1, -0.05) is 0 Å². The van der Waals surface area contributed by atoms with E-state index in [1.807, 2.05) is 6.92 Å². The van der Waals surface area contributed by atoms with Gasteiger partial charge in [0, 0.05) is 11.3 Å². The zero-order valence-corrected chi connectivity index (χ0v) is 11.2. The molecule has 3 N–H and O–H groups in total. The molecule has 2 aromatic carbocycles. The van der Waals surface area contributed by atoms with Crippen molar-refractivity contribution in [2.75, 3.05) is 12.4 Å². The van der Waals surface area contributed by atoms with E-state index in [2.05, 4.69) is 5.32 Å². The number of rotatable bonds is 3. The SMILES string of the molecule is COc1ccc(NC(=O)c2ccc(O)c(O)c2)cc1C. The number of phenolic OH excluding ortho intramolecular Hbond substituents is 2. The summed E-state index contributed by atoms with van der Waals surface area (Å²) in [6.07, 6.45) is 0. The Morgan fingerprint density at radius 2 is 1.85 bits per heavy atom. The lowest BCUT2D eigenvalue weighted by atomic mass is 10.1. The maximum absolute atomic E-state index is 12.0. The van der Waals surface area contributed by atoms with Crippen LogP contribution in [0.2, 0.25) is 0 Å². The number of carbonyl (C=O) groups is 1. The number of aryl methyl sites for hydroxylation is 1. The van der Waals surface area contributed by atoms with E-state index in [0.29, 0.717) is 5.69 Å². The standard InChI is InChI=1S/C15H15NO4/c1-9-7-11(4-6-14(9)20-2)16-15(19)10-3-5-12(17)13(18)8-10/h3-8,17-18H,1-2H3,(H,16,19). The van der Waals surface area contributed by atoms with Gasteiger partial charge in [-0.05, 0) is 48.9 Å². The van der Waals surface area contributed by atoms with E-state index in [-0.39, 0.29) is 23.0 Å². The van der Waals surface area contributed by atoms with Gasteiger partial charge in [0.15, 0.2) is 11.5 Å². The molecule has 0 heterocycles. The molecule has 0 aliphatic rings. The number of ether oxygens (including phenoxy) is 1. The van der Waals surface area contributed by atoms with Crippen molar-refractivity contribution in [1.82, 2.24) is 0 Å². The summed E-state index contributed by atoms with van der Waals surface area (Å²) in [5, 5.41) is 21.3. The minimum Gasteiger partial charge on any atom is -0.504 e. The van der Waals surface area contributed by atoms with Crippen LogP contribution in [0.1, 0.15) is 15.9 Å². The normalized spacial score (nSPS) is 10.1. The molecule has 0 radical (unpaired) electrons. The Balaban J connectivity index is 2.19. The maximum Gasteiger partial charge on any atom is 0.255 e. The zero-order valence-electron chi connectivity index (χ0n) is 11.2. The van der Waals surface area contributed by atoms with Gasteiger partial charge in [0.25, 0.3) is 5.91 Å². The van der Waals surface area contributed by atoms with E-state index in [4.69, 9.17) is 4.74 Å². The molecule has 104 valence electrons. The van der Waals surface area contributed by atoms with E-state index in [0.717, 1.165) is 11.3 Å². The summed E-state index contributed by atoms with van der Waals surface area (Å²) in [5.41, 5.74) is 1.79. The Bertz CT molecular complexity index is 652. The van der Waals surface area contributed by atoms with Gasteiger partial charge in [-0.2, -0.15) is 0 Å². The number of benzene rings is 2. The number of hydrogen-bond acceptors (Lipinski definition) is 4. The summed E-state index contributed by atoms with van der Waals surface area (Å²) in [6.45, 7) is 1.88. The number of nitrogens with one attached hydrogen (secondary N) is 1. The molecule has 0 atom stereocenters. The first-order valence-electron chi connectivity index (χ1n) is 5.99. The minimum absolute atomic E-state index is 0.258. The number of hydrogen-bond donors (Lipinski definition) is 3. The molecule has 0 fully saturated rings. The van der Waals surface area contributed by atoms with Crippen LogP contribution < -0.4 is 10.1 Å². The second-order valence-corrected chi connectivity index (χ2v) is 4.34. The van der Waals surface area contributed by atoms with E-state index < -0.39 is 0 Å². The summed E-state index contributed by atoms with van der Waals surface area (Å²) in [7, 11) is 1.58. The molecule has 2 rings (SSSR count). The number of methoxy groups -OCH3 is 1. The molecule has 5 nitrogen and oxygen atoms in total. The lowest BCUT2D eigenvalue weighted by molar-refractivity contribution is 0.102. The van der Waals surface area contributed by atoms with Crippen LogP contribution in [0.25, 0.3) is 0 Å². The molecule has 0 saturated carbocycles. The fraction of sp³-hybridized carbons (Fsp3) is 0.133. The Kier molecular flexibility index (Phi) is 3.79. The predicted octanol–water partition coefficient (Wildman–Crippen LogP) is 2.67. The van der Waals surface area contributed by atoms with Crippen LogP contribution >= 0.6 is 0 Å². The zero-order chi connectivity index (χ0) is 14.7. The van der Waals surface area contributed by atoms with Crippen molar-refractivity contribution in [1.29, 1.82) is 0 Å². The van der Waals surface area contributed by atoms with Gasteiger partial charge >= 0.3 is 0 Å². The molecule has 5 heteroatoms. The van der Waals surface area contributed by atoms with Crippen LogP contribution in [-0.4, -0.2) is 23.2 Å². The lowest BCUT2D eigenvalue weighted by Crippen LogP contribution is -2.11. The first kappa shape index (κ1) is 13.7. The molecule has 20 heavy (non-hydrogen) atoms. The van der Waals surface area contributed by atoms with Crippen molar-refractivity contribution in [3.05, 3.63) is 47.5 Å². The monoisotopic (exact) mass is 273 g/mol. The molecular formula is C15H15NO4. The molecule has 0 aliphatic carbocycles. The van der Waals surface area contributed by atoms with Crippen LogP contribution in [0.3, 0.4) is 0 Å². The summed E-state index contributed by atoms with van der Waals surface area (Å²) in [5.74, 6) is -0.222. The summed E-state index contributed by atoms with van der Waals surface area (Å²) in [4.78, 5) is 12.0. The van der Waals surface area contributed by atoms with Gasteiger partial charge in [-0.3, -0.25) is 4.79 Å². The van der Waals surface area contributed by atoms with Gasteiger partial charge in [0.2, 0.25) is 0 Å². The van der Waals surface area contributed by atoms with Gasteiger partial charge in [0.1, 0.15) is 5.75 Å². The van der Waals surface area contributed by atoms with Crippen LogP contribution in [0.15, 0.2) is 36.4 Å². The number of aromatic hydroxyl groups is 2. The fourth-order valence-electron chi connectivity index (χ4n) is 1.82. The van der Waals surface area contributed by atoms with Crippen molar-refractivity contribution in [2.24, 2.45) is 0 Å². The van der Waals surface area contributed by atoms with Gasteiger partial charge in [0.05, 0.1) is 7.11 Å². The van der Waals surface area contributed by atoms with Gasteiger partial charge in [-0.25, -0.2) is 0 Å². The van der Waals surface area contributed by atoms with Crippen LogP contribution in [0.5, 0.6) is 17.2 Å². The quantitative estimate of drug-likeness (QED) is 0.751. The molecule has 0 bridgehead atoms. The Hall–Kier alpha value is -2.69. The minimum atomic E-state index is -0.370. The van der Waals surface area contributed by atoms with Crippen LogP contribution in [-0.2, 0) is 0 Å². The highest BCUT2D eigenvalue weighted by atomic mass is 16.5. The third-order valence-electron chi connectivity index (χ3n) is 2.89.